The number of rotatable bonds is 6. The number of amides is 1. The van der Waals surface area contributed by atoms with Gasteiger partial charge in [0.1, 0.15) is 0 Å². The maximum Gasteiger partial charge on any atom is 0.335 e. The number of methoxy groups -OCH3 is 2. The Hall–Kier alpha value is -3.03. The molecule has 0 unspecified atom stereocenters. The van der Waals surface area contributed by atoms with Crippen LogP contribution >= 0.6 is 0 Å². The van der Waals surface area contributed by atoms with E-state index in [2.05, 4.69) is 10.3 Å². The molecule has 0 aliphatic heterocycles. The molecule has 1 heterocycles. The van der Waals surface area contributed by atoms with Gasteiger partial charge in [0.05, 0.1) is 31.2 Å². The number of ether oxygens (including phenoxy) is 2. The van der Waals surface area contributed by atoms with E-state index in [1.165, 1.54) is 26.4 Å². The first-order chi connectivity index (χ1) is 11.9. The lowest BCUT2D eigenvalue weighted by Gasteiger charge is -2.14. The maximum absolute atomic E-state index is 12.6. The lowest BCUT2D eigenvalue weighted by Crippen LogP contribution is -2.14. The number of nitrogens with zero attached hydrogens (tertiary/aromatic N) is 1. The normalized spacial score (nSPS) is 13.4. The highest BCUT2D eigenvalue weighted by Gasteiger charge is 2.31. The van der Waals surface area contributed by atoms with Crippen LogP contribution in [0.3, 0.4) is 0 Å². The summed E-state index contributed by atoms with van der Waals surface area (Å²) in [5.41, 5.74) is 0.619. The lowest BCUT2D eigenvalue weighted by molar-refractivity contribution is 0.0696. The third-order valence-corrected chi connectivity index (χ3v) is 3.92. The number of anilines is 1. The molecule has 2 aromatic rings. The summed E-state index contributed by atoms with van der Waals surface area (Å²) < 4.78 is 16.0. The molecule has 1 aromatic heterocycles. The van der Waals surface area contributed by atoms with Crippen molar-refractivity contribution in [2.45, 2.75) is 25.7 Å². The van der Waals surface area contributed by atoms with Crippen LogP contribution < -0.4 is 14.8 Å². The van der Waals surface area contributed by atoms with Crippen molar-refractivity contribution in [2.24, 2.45) is 0 Å². The Morgan fingerprint density at radius 3 is 2.56 bits per heavy atom. The lowest BCUT2D eigenvalue weighted by atomic mass is 10.1. The highest BCUT2D eigenvalue weighted by atomic mass is 16.5. The zero-order valence-electron chi connectivity index (χ0n) is 14.1. The summed E-state index contributed by atoms with van der Waals surface area (Å²) in [7, 11) is 2.79. The van der Waals surface area contributed by atoms with E-state index >= 15 is 0 Å². The first-order valence-electron chi connectivity index (χ1n) is 7.72. The average molecular weight is 346 g/mol. The summed E-state index contributed by atoms with van der Waals surface area (Å²) in [5, 5.41) is 11.8. The number of benzene rings is 1. The molecule has 0 radical (unpaired) electrons. The van der Waals surface area contributed by atoms with Crippen LogP contribution in [0.15, 0.2) is 16.5 Å². The van der Waals surface area contributed by atoms with E-state index < -0.39 is 11.9 Å². The van der Waals surface area contributed by atoms with Gasteiger partial charge in [-0.2, -0.15) is 0 Å². The van der Waals surface area contributed by atoms with Gasteiger partial charge in [-0.25, -0.2) is 9.78 Å². The van der Waals surface area contributed by atoms with Crippen LogP contribution in [0.25, 0.3) is 0 Å². The van der Waals surface area contributed by atoms with Gasteiger partial charge in [0.25, 0.3) is 5.91 Å². The summed E-state index contributed by atoms with van der Waals surface area (Å²) in [6.07, 6.45) is 2.01. The van der Waals surface area contributed by atoms with Gasteiger partial charge in [0, 0.05) is 5.92 Å². The Bertz CT molecular complexity index is 838. The number of carbonyl (C=O) groups is 2. The number of aromatic carboxylic acids is 1. The summed E-state index contributed by atoms with van der Waals surface area (Å²) in [4.78, 5) is 28.1. The summed E-state index contributed by atoms with van der Waals surface area (Å²) in [6, 6.07) is 2.62. The van der Waals surface area contributed by atoms with E-state index in [0.29, 0.717) is 11.6 Å². The quantitative estimate of drug-likeness (QED) is 0.827. The third-order valence-electron chi connectivity index (χ3n) is 3.92. The molecule has 132 valence electrons. The molecule has 1 aromatic carbocycles. The minimum Gasteiger partial charge on any atom is -0.493 e. The van der Waals surface area contributed by atoms with E-state index in [-0.39, 0.29) is 34.4 Å². The van der Waals surface area contributed by atoms with Crippen LogP contribution in [0.4, 0.5) is 5.69 Å². The highest BCUT2D eigenvalue weighted by Crippen LogP contribution is 2.40. The Kier molecular flexibility index (Phi) is 4.35. The predicted molar refractivity (Wildman–Crippen MR) is 87.7 cm³/mol. The minimum atomic E-state index is -1.15. The Labute approximate surface area is 143 Å². The molecule has 0 saturated heterocycles. The van der Waals surface area contributed by atoms with Crippen molar-refractivity contribution in [2.75, 3.05) is 19.5 Å². The van der Waals surface area contributed by atoms with E-state index in [9.17, 15) is 14.7 Å². The molecular formula is C17H18N2O6. The van der Waals surface area contributed by atoms with E-state index in [1.807, 2.05) is 0 Å². The number of oxazole rings is 1. The molecule has 0 bridgehead atoms. The number of carbonyl (C=O) groups excluding carboxylic acids is 1. The number of aryl methyl sites for hydroxylation is 1. The fourth-order valence-corrected chi connectivity index (χ4v) is 2.49. The van der Waals surface area contributed by atoms with Crippen LogP contribution in [-0.2, 0) is 0 Å². The fourth-order valence-electron chi connectivity index (χ4n) is 2.49. The number of hydrogen-bond acceptors (Lipinski definition) is 6. The monoisotopic (exact) mass is 346 g/mol. The largest absolute Gasteiger partial charge is 0.493 e. The molecule has 0 spiro atoms. The Morgan fingerprint density at radius 1 is 1.28 bits per heavy atom. The SMILES string of the molecule is COc1cc(C(=O)O)cc(NC(=O)c2oc(C3CC3)nc2C)c1OC. The van der Waals surface area contributed by atoms with Gasteiger partial charge < -0.3 is 24.3 Å². The van der Waals surface area contributed by atoms with Gasteiger partial charge in [0.15, 0.2) is 17.4 Å². The smallest absolute Gasteiger partial charge is 0.335 e. The van der Waals surface area contributed by atoms with Gasteiger partial charge >= 0.3 is 5.97 Å². The van der Waals surface area contributed by atoms with Crippen molar-refractivity contribution in [3.63, 3.8) is 0 Å². The maximum atomic E-state index is 12.6. The van der Waals surface area contributed by atoms with E-state index in [0.717, 1.165) is 12.8 Å². The summed E-state index contributed by atoms with van der Waals surface area (Å²) in [6.45, 7) is 1.69. The van der Waals surface area contributed by atoms with Crippen molar-refractivity contribution < 1.29 is 28.6 Å². The number of aromatic nitrogens is 1. The molecule has 1 amide bonds. The zero-order chi connectivity index (χ0) is 18.1. The first-order valence-corrected chi connectivity index (χ1v) is 7.72. The second-order valence-corrected chi connectivity index (χ2v) is 5.76. The van der Waals surface area contributed by atoms with Crippen molar-refractivity contribution in [1.29, 1.82) is 0 Å². The highest BCUT2D eigenvalue weighted by molar-refractivity contribution is 6.05. The van der Waals surface area contributed by atoms with Crippen LogP contribution in [0, 0.1) is 6.92 Å². The minimum absolute atomic E-state index is 0.0408. The topological polar surface area (TPSA) is 111 Å². The van der Waals surface area contributed by atoms with Gasteiger partial charge in [-0.15, -0.1) is 0 Å². The van der Waals surface area contributed by atoms with Crippen LogP contribution in [0.1, 0.15) is 51.3 Å². The van der Waals surface area contributed by atoms with Crippen molar-refractivity contribution >= 4 is 17.6 Å². The number of hydrogen-bond donors (Lipinski definition) is 2. The molecule has 1 saturated carbocycles. The molecule has 1 fully saturated rings. The fraction of sp³-hybridized carbons (Fsp3) is 0.353. The van der Waals surface area contributed by atoms with Crippen molar-refractivity contribution in [3.8, 4) is 11.5 Å². The molecule has 8 heteroatoms. The van der Waals surface area contributed by atoms with Crippen LogP contribution in [0.5, 0.6) is 11.5 Å². The van der Waals surface area contributed by atoms with Crippen molar-refractivity contribution in [3.05, 3.63) is 35.0 Å². The van der Waals surface area contributed by atoms with Crippen molar-refractivity contribution in [1.82, 2.24) is 4.98 Å². The predicted octanol–water partition coefficient (Wildman–Crippen LogP) is 2.83. The molecule has 25 heavy (non-hydrogen) atoms. The Morgan fingerprint density at radius 2 is 2.00 bits per heavy atom. The number of carboxylic acids is 1. The molecule has 3 rings (SSSR count). The second kappa shape index (κ2) is 6.46. The number of carboxylic acid groups (broad SMARTS) is 1. The molecule has 1 aliphatic carbocycles. The van der Waals surface area contributed by atoms with Gasteiger partial charge in [-0.3, -0.25) is 4.79 Å². The third kappa shape index (κ3) is 3.28. The van der Waals surface area contributed by atoms with Gasteiger partial charge in [-0.05, 0) is 31.9 Å². The van der Waals surface area contributed by atoms with Gasteiger partial charge in [-0.1, -0.05) is 0 Å². The molecule has 0 atom stereocenters. The molecule has 8 nitrogen and oxygen atoms in total. The Balaban J connectivity index is 1.94. The standard InChI is InChI=1S/C17H18N2O6/c1-8-13(25-16(18-8)9-4-5-9)15(20)19-11-6-10(17(21)22)7-12(23-2)14(11)24-3/h6-7,9H,4-5H2,1-3H3,(H,19,20)(H,21,22). The molecular weight excluding hydrogens is 328 g/mol. The van der Waals surface area contributed by atoms with Crippen LogP contribution in [-0.4, -0.2) is 36.2 Å². The molecule has 1 aliphatic rings. The van der Waals surface area contributed by atoms with Crippen LogP contribution in [0.2, 0.25) is 0 Å². The first kappa shape index (κ1) is 16.8. The summed E-state index contributed by atoms with van der Waals surface area (Å²) >= 11 is 0. The van der Waals surface area contributed by atoms with Gasteiger partial charge in [0.2, 0.25) is 5.76 Å². The molecule has 2 N–H and O–H groups in total. The zero-order valence-corrected chi connectivity index (χ0v) is 14.1. The second-order valence-electron chi connectivity index (χ2n) is 5.76. The van der Waals surface area contributed by atoms with E-state index in [4.69, 9.17) is 13.9 Å². The summed E-state index contributed by atoms with van der Waals surface area (Å²) in [5.74, 6) is -0.311. The average Bonchev–Trinajstić information content (AvgIpc) is 3.36. The van der Waals surface area contributed by atoms with E-state index in [1.54, 1.807) is 6.92 Å². The number of nitrogens with one attached hydrogen (secondary N) is 1.